The Labute approximate surface area is 242 Å². The maximum Gasteiger partial charge on any atom is 0.262 e. The highest BCUT2D eigenvalue weighted by Gasteiger charge is 2.27. The fourth-order valence-corrected chi connectivity index (χ4v) is 5.77. The van der Waals surface area contributed by atoms with Gasteiger partial charge in [0.2, 0.25) is 0 Å². The summed E-state index contributed by atoms with van der Waals surface area (Å²) in [6.07, 6.45) is 5.30. The summed E-state index contributed by atoms with van der Waals surface area (Å²) in [4.78, 5) is 30.8. The molecule has 0 aliphatic carbocycles. The lowest BCUT2D eigenvalue weighted by Gasteiger charge is -2.36. The molecule has 1 N–H and O–H groups in total. The number of hydrogen-bond donors (Lipinski definition) is 1. The van der Waals surface area contributed by atoms with Crippen molar-refractivity contribution in [2.24, 2.45) is 11.8 Å². The van der Waals surface area contributed by atoms with E-state index in [4.69, 9.17) is 16.3 Å². The van der Waals surface area contributed by atoms with Gasteiger partial charge in [-0.3, -0.25) is 9.59 Å². The predicted octanol–water partition coefficient (Wildman–Crippen LogP) is 6.69. The summed E-state index contributed by atoms with van der Waals surface area (Å²) in [5.41, 5.74) is 3.60. The molecule has 210 valence electrons. The third-order valence-electron chi connectivity index (χ3n) is 8.09. The van der Waals surface area contributed by atoms with Gasteiger partial charge in [0.25, 0.3) is 11.8 Å². The molecule has 40 heavy (non-hydrogen) atoms. The van der Waals surface area contributed by atoms with Crippen molar-refractivity contribution < 1.29 is 14.3 Å². The van der Waals surface area contributed by atoms with Crippen molar-refractivity contribution in [1.82, 2.24) is 4.90 Å². The summed E-state index contributed by atoms with van der Waals surface area (Å²) in [6.45, 7) is 5.47. The minimum atomic E-state index is -0.283. The fraction of sp³-hybridized carbons (Fsp3) is 0.394. The van der Waals surface area contributed by atoms with E-state index in [2.05, 4.69) is 47.5 Å². The fourth-order valence-electron chi connectivity index (χ4n) is 5.65. The largest absolute Gasteiger partial charge is 0.484 e. The normalized spacial score (nSPS) is 16.6. The van der Waals surface area contributed by atoms with Crippen molar-refractivity contribution in [3.63, 3.8) is 0 Å². The van der Waals surface area contributed by atoms with E-state index in [9.17, 15) is 9.59 Å². The highest BCUT2D eigenvalue weighted by molar-refractivity contribution is 6.30. The number of amides is 2. The molecule has 2 heterocycles. The first kappa shape index (κ1) is 28.0. The van der Waals surface area contributed by atoms with Crippen LogP contribution < -0.4 is 15.0 Å². The quantitative estimate of drug-likeness (QED) is 0.334. The van der Waals surface area contributed by atoms with E-state index in [-0.39, 0.29) is 18.4 Å². The van der Waals surface area contributed by atoms with Gasteiger partial charge in [0.15, 0.2) is 6.61 Å². The van der Waals surface area contributed by atoms with Crippen LogP contribution in [0.3, 0.4) is 0 Å². The van der Waals surface area contributed by atoms with E-state index in [0.29, 0.717) is 33.9 Å². The Morgan fingerprint density at radius 3 is 2.30 bits per heavy atom. The number of halogens is 1. The number of hydrogen-bond acceptors (Lipinski definition) is 4. The topological polar surface area (TPSA) is 61.9 Å². The molecule has 0 bridgehead atoms. The molecule has 0 saturated carbocycles. The standard InChI is InChI=1S/C33H38ClN3O3/c1-24-13-17-37(18-14-24)33(39)30-22-28(35-32(38)23-40-29-10-7-27(34)8-11-29)9-12-31(30)36-19-15-26(16-20-36)21-25-5-3-2-4-6-25/h2-12,22,24,26H,13-21,23H2,1H3,(H,35,38). The second-order valence-corrected chi connectivity index (χ2v) is 11.6. The summed E-state index contributed by atoms with van der Waals surface area (Å²) >= 11 is 5.92. The maximum absolute atomic E-state index is 13.8. The number of nitrogens with zero attached hydrogens (tertiary/aromatic N) is 2. The predicted molar refractivity (Wildman–Crippen MR) is 161 cm³/mol. The van der Waals surface area contributed by atoms with Crippen LogP contribution in [0.25, 0.3) is 0 Å². The van der Waals surface area contributed by atoms with Gasteiger partial charge < -0.3 is 19.9 Å². The van der Waals surface area contributed by atoms with Crippen LogP contribution in [0, 0.1) is 11.8 Å². The van der Waals surface area contributed by atoms with Gasteiger partial charge in [0.1, 0.15) is 5.75 Å². The number of piperidine rings is 2. The molecule has 6 nitrogen and oxygen atoms in total. The van der Waals surface area contributed by atoms with E-state index >= 15 is 0 Å². The molecule has 0 unspecified atom stereocenters. The van der Waals surface area contributed by atoms with Crippen LogP contribution in [0.4, 0.5) is 11.4 Å². The number of carbonyl (C=O) groups is 2. The van der Waals surface area contributed by atoms with E-state index in [0.717, 1.165) is 64.0 Å². The number of likely N-dealkylation sites (tertiary alicyclic amines) is 1. The molecule has 5 rings (SSSR count). The minimum Gasteiger partial charge on any atom is -0.484 e. The highest BCUT2D eigenvalue weighted by Crippen LogP contribution is 2.32. The first-order valence-electron chi connectivity index (χ1n) is 14.3. The lowest BCUT2D eigenvalue weighted by molar-refractivity contribution is -0.118. The van der Waals surface area contributed by atoms with E-state index < -0.39 is 0 Å². The smallest absolute Gasteiger partial charge is 0.262 e. The number of nitrogens with one attached hydrogen (secondary N) is 1. The maximum atomic E-state index is 13.8. The van der Waals surface area contributed by atoms with Gasteiger partial charge in [0, 0.05) is 42.6 Å². The first-order valence-corrected chi connectivity index (χ1v) is 14.7. The Bertz CT molecular complexity index is 1280. The van der Waals surface area contributed by atoms with E-state index in [1.807, 2.05) is 23.1 Å². The average Bonchev–Trinajstić information content (AvgIpc) is 2.98. The summed E-state index contributed by atoms with van der Waals surface area (Å²) in [7, 11) is 0. The molecule has 2 fully saturated rings. The molecule has 2 amide bonds. The Morgan fingerprint density at radius 2 is 1.60 bits per heavy atom. The van der Waals surface area contributed by atoms with Crippen molar-refractivity contribution in [1.29, 1.82) is 0 Å². The zero-order valence-corrected chi connectivity index (χ0v) is 23.9. The van der Waals surface area contributed by atoms with Gasteiger partial charge in [-0.05, 0) is 92.0 Å². The van der Waals surface area contributed by atoms with Gasteiger partial charge in [-0.15, -0.1) is 0 Å². The monoisotopic (exact) mass is 559 g/mol. The zero-order valence-electron chi connectivity index (χ0n) is 23.2. The van der Waals surface area contributed by atoms with Crippen molar-refractivity contribution in [3.8, 4) is 5.75 Å². The van der Waals surface area contributed by atoms with Gasteiger partial charge in [-0.2, -0.15) is 0 Å². The van der Waals surface area contributed by atoms with Crippen molar-refractivity contribution in [3.05, 3.63) is 88.9 Å². The van der Waals surface area contributed by atoms with Gasteiger partial charge in [-0.1, -0.05) is 48.9 Å². The van der Waals surface area contributed by atoms with Crippen molar-refractivity contribution in [2.75, 3.05) is 43.0 Å². The molecule has 2 aliphatic heterocycles. The van der Waals surface area contributed by atoms with E-state index in [1.54, 1.807) is 24.3 Å². The lowest BCUT2D eigenvalue weighted by atomic mass is 9.89. The summed E-state index contributed by atoms with van der Waals surface area (Å²) in [6, 6.07) is 23.3. The molecule has 0 aromatic heterocycles. The van der Waals surface area contributed by atoms with Crippen LogP contribution in [0.5, 0.6) is 5.75 Å². The molecule has 2 aliphatic rings. The van der Waals surface area contributed by atoms with Gasteiger partial charge in [-0.25, -0.2) is 0 Å². The number of benzene rings is 3. The summed E-state index contributed by atoms with van der Waals surface area (Å²) in [5, 5.41) is 3.52. The van der Waals surface area contributed by atoms with Crippen LogP contribution >= 0.6 is 11.6 Å². The number of anilines is 2. The SMILES string of the molecule is CC1CCN(C(=O)c2cc(NC(=O)COc3ccc(Cl)cc3)ccc2N2CCC(Cc3ccccc3)CC2)CC1. The van der Waals surface area contributed by atoms with Crippen LogP contribution in [-0.4, -0.2) is 49.5 Å². The van der Waals surface area contributed by atoms with Crippen LogP contribution in [0.2, 0.25) is 5.02 Å². The summed E-state index contributed by atoms with van der Waals surface area (Å²) in [5.74, 6) is 1.61. The Morgan fingerprint density at radius 1 is 0.900 bits per heavy atom. The van der Waals surface area contributed by atoms with Crippen molar-refractivity contribution in [2.45, 2.75) is 39.0 Å². The number of carbonyl (C=O) groups excluding carboxylic acids is 2. The highest BCUT2D eigenvalue weighted by atomic mass is 35.5. The van der Waals surface area contributed by atoms with Gasteiger partial charge >= 0.3 is 0 Å². The zero-order chi connectivity index (χ0) is 27.9. The van der Waals surface area contributed by atoms with Gasteiger partial charge in [0.05, 0.1) is 5.56 Å². The summed E-state index contributed by atoms with van der Waals surface area (Å²) < 4.78 is 5.60. The second kappa shape index (κ2) is 13.2. The lowest BCUT2D eigenvalue weighted by Crippen LogP contribution is -2.40. The Kier molecular flexibility index (Phi) is 9.27. The van der Waals surface area contributed by atoms with Crippen LogP contribution in [0.15, 0.2) is 72.8 Å². The molecule has 7 heteroatoms. The average molecular weight is 560 g/mol. The Hall–Kier alpha value is -3.51. The van der Waals surface area contributed by atoms with Crippen LogP contribution in [0.1, 0.15) is 48.5 Å². The molecular formula is C33H38ClN3O3. The van der Waals surface area contributed by atoms with E-state index in [1.165, 1.54) is 5.56 Å². The van der Waals surface area contributed by atoms with Crippen molar-refractivity contribution >= 4 is 34.8 Å². The molecule has 3 aromatic carbocycles. The Balaban J connectivity index is 1.28. The number of ether oxygens (including phenoxy) is 1. The third-order valence-corrected chi connectivity index (χ3v) is 8.34. The van der Waals surface area contributed by atoms with Crippen LogP contribution in [-0.2, 0) is 11.2 Å². The number of rotatable bonds is 8. The third kappa shape index (κ3) is 7.36. The second-order valence-electron chi connectivity index (χ2n) is 11.1. The first-order chi connectivity index (χ1) is 19.4. The molecule has 2 saturated heterocycles. The molecule has 0 spiro atoms. The molecular weight excluding hydrogens is 522 g/mol. The minimum absolute atomic E-state index is 0.0434. The molecule has 0 radical (unpaired) electrons. The molecule has 3 aromatic rings. The molecule has 0 atom stereocenters.